The Hall–Kier alpha value is -1.29. The van der Waals surface area contributed by atoms with Gasteiger partial charge in [-0.15, -0.1) is 0 Å². The number of rotatable bonds is 6. The minimum Gasteiger partial charge on any atom is -0.435 e. The van der Waals surface area contributed by atoms with Gasteiger partial charge in [-0.05, 0) is 61.8 Å². The summed E-state index contributed by atoms with van der Waals surface area (Å²) in [5, 5.41) is 3.73. The SMILES string of the molecule is O=S(=O)(c1ccc(OC(F)F)cc1)N1C[C@H]2CC(NC3CCOCC3)C[C@H]2C1. The van der Waals surface area contributed by atoms with Crippen LogP contribution in [0.15, 0.2) is 29.2 Å². The smallest absolute Gasteiger partial charge is 0.387 e. The molecule has 9 heteroatoms. The Morgan fingerprint density at radius 3 is 2.21 bits per heavy atom. The highest BCUT2D eigenvalue weighted by Crippen LogP contribution is 2.40. The van der Waals surface area contributed by atoms with Crippen molar-refractivity contribution in [1.29, 1.82) is 0 Å². The highest BCUT2D eigenvalue weighted by Gasteiger charge is 2.45. The van der Waals surface area contributed by atoms with Gasteiger partial charge in [-0.3, -0.25) is 0 Å². The number of alkyl halides is 2. The van der Waals surface area contributed by atoms with Crippen LogP contribution in [0.3, 0.4) is 0 Å². The number of ether oxygens (including phenoxy) is 2. The maximum Gasteiger partial charge on any atom is 0.387 e. The zero-order chi connectivity index (χ0) is 19.7. The van der Waals surface area contributed by atoms with Crippen molar-refractivity contribution in [2.24, 2.45) is 11.8 Å². The summed E-state index contributed by atoms with van der Waals surface area (Å²) in [4.78, 5) is 0.117. The van der Waals surface area contributed by atoms with Crippen LogP contribution in [0.5, 0.6) is 5.75 Å². The van der Waals surface area contributed by atoms with Crippen LogP contribution in [0.1, 0.15) is 25.7 Å². The molecular weight excluding hydrogens is 390 g/mol. The molecule has 3 aliphatic rings. The van der Waals surface area contributed by atoms with Crippen molar-refractivity contribution >= 4 is 10.0 Å². The number of nitrogens with zero attached hydrogens (tertiary/aromatic N) is 1. The fourth-order valence-electron chi connectivity index (χ4n) is 4.73. The zero-order valence-electron chi connectivity index (χ0n) is 15.6. The van der Waals surface area contributed by atoms with E-state index in [1.165, 1.54) is 28.6 Å². The molecule has 156 valence electrons. The van der Waals surface area contributed by atoms with Crippen LogP contribution in [-0.2, 0) is 14.8 Å². The van der Waals surface area contributed by atoms with Crippen molar-refractivity contribution in [2.45, 2.75) is 49.3 Å². The molecule has 1 aromatic rings. The van der Waals surface area contributed by atoms with E-state index in [1.54, 1.807) is 0 Å². The molecule has 3 atom stereocenters. The van der Waals surface area contributed by atoms with Gasteiger partial charge in [0.25, 0.3) is 0 Å². The first kappa shape index (κ1) is 20.0. The lowest BCUT2D eigenvalue weighted by Crippen LogP contribution is -2.41. The molecule has 2 saturated heterocycles. The Balaban J connectivity index is 1.34. The lowest BCUT2D eigenvalue weighted by atomic mass is 10.0. The number of sulfonamides is 1. The minimum absolute atomic E-state index is 0.0470. The van der Waals surface area contributed by atoms with Crippen LogP contribution in [-0.4, -0.2) is 57.7 Å². The van der Waals surface area contributed by atoms with E-state index in [2.05, 4.69) is 10.1 Å². The summed E-state index contributed by atoms with van der Waals surface area (Å²) in [7, 11) is -3.62. The largest absolute Gasteiger partial charge is 0.435 e. The summed E-state index contributed by atoms with van der Waals surface area (Å²) < 4.78 is 61.5. The summed E-state index contributed by atoms with van der Waals surface area (Å²) in [6, 6.07) is 6.15. The van der Waals surface area contributed by atoms with Crippen molar-refractivity contribution < 1.29 is 26.7 Å². The second kappa shape index (κ2) is 8.22. The second-order valence-electron chi connectivity index (χ2n) is 7.91. The van der Waals surface area contributed by atoms with Gasteiger partial charge in [0, 0.05) is 38.4 Å². The zero-order valence-corrected chi connectivity index (χ0v) is 16.4. The maximum atomic E-state index is 12.9. The predicted octanol–water partition coefficient (Wildman–Crippen LogP) is 2.46. The van der Waals surface area contributed by atoms with Gasteiger partial charge >= 0.3 is 6.61 Å². The molecule has 3 fully saturated rings. The van der Waals surface area contributed by atoms with E-state index in [-0.39, 0.29) is 10.6 Å². The lowest BCUT2D eigenvalue weighted by Gasteiger charge is -2.27. The molecule has 1 aliphatic carbocycles. The molecule has 1 N–H and O–H groups in total. The second-order valence-corrected chi connectivity index (χ2v) is 9.85. The number of benzene rings is 1. The van der Waals surface area contributed by atoms with Crippen LogP contribution in [0.25, 0.3) is 0 Å². The fourth-order valence-corrected chi connectivity index (χ4v) is 6.28. The highest BCUT2D eigenvalue weighted by molar-refractivity contribution is 7.89. The monoisotopic (exact) mass is 416 g/mol. The van der Waals surface area contributed by atoms with Crippen LogP contribution in [0, 0.1) is 11.8 Å². The molecule has 0 spiro atoms. The van der Waals surface area contributed by atoms with E-state index < -0.39 is 16.6 Å². The standard InChI is InChI=1S/C19H26F2N2O4S/c20-19(21)27-17-1-3-18(4-2-17)28(24,25)23-11-13-9-16(10-14(13)12-23)22-15-5-7-26-8-6-15/h1-4,13-16,19,22H,5-12H2/t13-,14+,16?. The summed E-state index contributed by atoms with van der Waals surface area (Å²) >= 11 is 0. The highest BCUT2D eigenvalue weighted by atomic mass is 32.2. The van der Waals surface area contributed by atoms with E-state index in [9.17, 15) is 17.2 Å². The third kappa shape index (κ3) is 4.32. The molecule has 1 saturated carbocycles. The van der Waals surface area contributed by atoms with Gasteiger partial charge < -0.3 is 14.8 Å². The van der Waals surface area contributed by atoms with Crippen LogP contribution in [0.4, 0.5) is 8.78 Å². The molecule has 6 nitrogen and oxygen atoms in total. The average molecular weight is 416 g/mol. The normalized spacial score (nSPS) is 29.3. The molecule has 0 bridgehead atoms. The van der Waals surface area contributed by atoms with E-state index in [0.29, 0.717) is 37.0 Å². The first-order chi connectivity index (χ1) is 13.4. The maximum absolute atomic E-state index is 12.9. The summed E-state index contributed by atoms with van der Waals surface area (Å²) in [6.07, 6.45) is 4.07. The third-order valence-corrected chi connectivity index (χ3v) is 7.94. The van der Waals surface area contributed by atoms with E-state index in [1.807, 2.05) is 0 Å². The van der Waals surface area contributed by atoms with Gasteiger partial charge in [0.1, 0.15) is 5.75 Å². The van der Waals surface area contributed by atoms with Gasteiger partial charge in [0.15, 0.2) is 0 Å². The molecular formula is C19H26F2N2O4S. The fraction of sp³-hybridized carbons (Fsp3) is 0.684. The van der Waals surface area contributed by atoms with Crippen molar-refractivity contribution in [3.63, 3.8) is 0 Å². The molecule has 0 aromatic heterocycles. The van der Waals surface area contributed by atoms with E-state index in [0.717, 1.165) is 38.9 Å². The van der Waals surface area contributed by atoms with Crippen LogP contribution < -0.4 is 10.1 Å². The Bertz CT molecular complexity index is 755. The number of fused-ring (bicyclic) bond motifs is 1. The lowest BCUT2D eigenvalue weighted by molar-refractivity contribution is -0.0498. The van der Waals surface area contributed by atoms with Crippen LogP contribution in [0.2, 0.25) is 0 Å². The molecule has 1 unspecified atom stereocenters. The molecule has 4 rings (SSSR count). The molecule has 0 radical (unpaired) electrons. The number of nitrogens with one attached hydrogen (secondary N) is 1. The Labute approximate surface area is 164 Å². The summed E-state index contributed by atoms with van der Waals surface area (Å²) in [5.74, 6) is 0.691. The Kier molecular flexibility index (Phi) is 5.87. The number of halogens is 2. The summed E-state index contributed by atoms with van der Waals surface area (Å²) in [6.45, 7) is -0.264. The van der Waals surface area contributed by atoms with Crippen LogP contribution >= 0.6 is 0 Å². The van der Waals surface area contributed by atoms with E-state index in [4.69, 9.17) is 4.74 Å². The number of hydrogen-bond acceptors (Lipinski definition) is 5. The quantitative estimate of drug-likeness (QED) is 0.772. The Morgan fingerprint density at radius 2 is 1.64 bits per heavy atom. The Morgan fingerprint density at radius 1 is 1.04 bits per heavy atom. The van der Waals surface area contributed by atoms with Crippen molar-refractivity contribution in [3.05, 3.63) is 24.3 Å². The summed E-state index contributed by atoms with van der Waals surface area (Å²) in [5.41, 5.74) is 0. The first-order valence-corrected chi connectivity index (χ1v) is 11.2. The van der Waals surface area contributed by atoms with Crippen molar-refractivity contribution in [3.8, 4) is 5.75 Å². The van der Waals surface area contributed by atoms with Crippen molar-refractivity contribution in [2.75, 3.05) is 26.3 Å². The van der Waals surface area contributed by atoms with Gasteiger partial charge in [-0.1, -0.05) is 0 Å². The van der Waals surface area contributed by atoms with Gasteiger partial charge in [0.05, 0.1) is 4.90 Å². The topological polar surface area (TPSA) is 67.9 Å². The van der Waals surface area contributed by atoms with Gasteiger partial charge in [-0.25, -0.2) is 8.42 Å². The van der Waals surface area contributed by atoms with Gasteiger partial charge in [0.2, 0.25) is 10.0 Å². The molecule has 0 amide bonds. The molecule has 2 heterocycles. The third-order valence-electron chi connectivity index (χ3n) is 6.10. The predicted molar refractivity (Wildman–Crippen MR) is 98.8 cm³/mol. The first-order valence-electron chi connectivity index (χ1n) is 9.80. The molecule has 1 aromatic carbocycles. The average Bonchev–Trinajstić information content (AvgIpc) is 3.21. The minimum atomic E-state index is -3.62. The van der Waals surface area contributed by atoms with Gasteiger partial charge in [-0.2, -0.15) is 13.1 Å². The molecule has 28 heavy (non-hydrogen) atoms. The van der Waals surface area contributed by atoms with Crippen molar-refractivity contribution in [1.82, 2.24) is 9.62 Å². The number of hydrogen-bond donors (Lipinski definition) is 1. The van der Waals surface area contributed by atoms with E-state index >= 15 is 0 Å². The molecule has 2 aliphatic heterocycles.